The fourth-order valence-electron chi connectivity index (χ4n) is 0.613. The summed E-state index contributed by atoms with van der Waals surface area (Å²) in [5.74, 6) is -2.33. The molecule has 0 radical (unpaired) electrons. The Morgan fingerprint density at radius 3 is 2.75 bits per heavy atom. The van der Waals surface area contributed by atoms with E-state index >= 15 is 0 Å². The van der Waals surface area contributed by atoms with E-state index in [9.17, 15) is 9.59 Å². The van der Waals surface area contributed by atoms with Crippen LogP contribution in [0, 0.1) is 0 Å². The Balaban J connectivity index is 2.63. The van der Waals surface area contributed by atoms with E-state index in [0.29, 0.717) is 0 Å². The summed E-state index contributed by atoms with van der Waals surface area (Å²) >= 11 is 1.49. The molecule has 12 heavy (non-hydrogen) atoms. The van der Waals surface area contributed by atoms with Crippen LogP contribution in [0.1, 0.15) is 5.56 Å². The third-order valence-corrected chi connectivity index (χ3v) is 1.88. The first kappa shape index (κ1) is 8.67. The molecule has 0 bridgehead atoms. The van der Waals surface area contributed by atoms with Crippen LogP contribution in [0.2, 0.25) is 0 Å². The highest BCUT2D eigenvalue weighted by atomic mass is 32.1. The number of hydrogen-bond donors (Lipinski definition) is 1. The van der Waals surface area contributed by atoms with E-state index < -0.39 is 11.8 Å². The number of ketones is 1. The normalized spacial score (nSPS) is 10.3. The predicted octanol–water partition coefficient (Wildman–Crippen LogP) is 1.42. The Labute approximate surface area is 73.0 Å². The molecule has 0 atom stereocenters. The summed E-state index contributed by atoms with van der Waals surface area (Å²) in [7, 11) is 0. The van der Waals surface area contributed by atoms with Crippen LogP contribution in [0.3, 0.4) is 0 Å². The SMILES string of the molecule is O=C(O)C(=O)/C=C/c1ccsc1. The lowest BCUT2D eigenvalue weighted by molar-refractivity contribution is -0.146. The average Bonchev–Trinajstić information content (AvgIpc) is 2.51. The maximum absolute atomic E-state index is 10.6. The maximum Gasteiger partial charge on any atom is 0.376 e. The van der Waals surface area contributed by atoms with Gasteiger partial charge in [-0.1, -0.05) is 0 Å². The van der Waals surface area contributed by atoms with Crippen LogP contribution < -0.4 is 0 Å². The van der Waals surface area contributed by atoms with Gasteiger partial charge in [0, 0.05) is 0 Å². The molecule has 4 heteroatoms. The molecule has 0 fully saturated rings. The molecule has 0 aromatic carbocycles. The lowest BCUT2D eigenvalue weighted by Gasteiger charge is -1.82. The summed E-state index contributed by atoms with van der Waals surface area (Å²) in [5, 5.41) is 11.9. The second kappa shape index (κ2) is 3.82. The second-order valence-corrected chi connectivity index (χ2v) is 2.84. The van der Waals surface area contributed by atoms with Gasteiger partial charge in [0.15, 0.2) is 0 Å². The molecule has 1 rings (SSSR count). The molecule has 0 unspecified atom stereocenters. The Morgan fingerprint density at radius 1 is 1.50 bits per heavy atom. The monoisotopic (exact) mass is 182 g/mol. The van der Waals surface area contributed by atoms with E-state index in [1.807, 2.05) is 10.8 Å². The van der Waals surface area contributed by atoms with E-state index in [-0.39, 0.29) is 0 Å². The van der Waals surface area contributed by atoms with Crippen molar-refractivity contribution in [1.29, 1.82) is 0 Å². The zero-order chi connectivity index (χ0) is 8.97. The second-order valence-electron chi connectivity index (χ2n) is 2.06. The quantitative estimate of drug-likeness (QED) is 0.568. The standard InChI is InChI=1S/C8H6O3S/c9-7(8(10)11)2-1-6-3-4-12-5-6/h1-5H,(H,10,11)/b2-1+. The molecular weight excluding hydrogens is 176 g/mol. The van der Waals surface area contributed by atoms with E-state index in [0.717, 1.165) is 11.6 Å². The highest BCUT2D eigenvalue weighted by Gasteiger charge is 2.04. The third kappa shape index (κ3) is 2.32. The van der Waals surface area contributed by atoms with Crippen LogP contribution in [0.4, 0.5) is 0 Å². The molecule has 1 N–H and O–H groups in total. The van der Waals surface area contributed by atoms with Crippen molar-refractivity contribution >= 4 is 29.2 Å². The van der Waals surface area contributed by atoms with Crippen molar-refractivity contribution in [3.63, 3.8) is 0 Å². The summed E-state index contributed by atoms with van der Waals surface area (Å²) in [6.07, 6.45) is 2.53. The molecule has 0 saturated carbocycles. The summed E-state index contributed by atoms with van der Waals surface area (Å²) < 4.78 is 0. The van der Waals surface area contributed by atoms with Gasteiger partial charge >= 0.3 is 5.97 Å². The number of carboxylic acid groups (broad SMARTS) is 1. The number of aliphatic carboxylic acids is 1. The van der Waals surface area contributed by atoms with Gasteiger partial charge in [-0.15, -0.1) is 0 Å². The van der Waals surface area contributed by atoms with Gasteiger partial charge in [-0.3, -0.25) is 4.79 Å². The van der Waals surface area contributed by atoms with Gasteiger partial charge in [0.2, 0.25) is 0 Å². The molecule has 0 spiro atoms. The maximum atomic E-state index is 10.6. The molecule has 0 aliphatic heterocycles. The first-order valence-electron chi connectivity index (χ1n) is 3.17. The molecule has 0 saturated heterocycles. The lowest BCUT2D eigenvalue weighted by Crippen LogP contribution is -2.08. The molecule has 0 amide bonds. The largest absolute Gasteiger partial charge is 0.475 e. The van der Waals surface area contributed by atoms with E-state index in [1.165, 1.54) is 17.4 Å². The fourth-order valence-corrected chi connectivity index (χ4v) is 1.24. The van der Waals surface area contributed by atoms with Gasteiger partial charge in [-0.25, -0.2) is 4.79 Å². The summed E-state index contributed by atoms with van der Waals surface area (Å²) in [6, 6.07) is 1.80. The summed E-state index contributed by atoms with van der Waals surface area (Å²) in [5.41, 5.74) is 0.842. The minimum atomic E-state index is -1.43. The zero-order valence-electron chi connectivity index (χ0n) is 6.06. The molecule has 3 nitrogen and oxygen atoms in total. The Kier molecular flexibility index (Phi) is 2.76. The van der Waals surface area contributed by atoms with Crippen molar-refractivity contribution in [1.82, 2.24) is 0 Å². The Hall–Kier alpha value is -1.42. The first-order chi connectivity index (χ1) is 5.70. The van der Waals surface area contributed by atoms with E-state index in [4.69, 9.17) is 5.11 Å². The molecule has 1 aromatic heterocycles. The number of thiophene rings is 1. The highest BCUT2D eigenvalue weighted by Crippen LogP contribution is 2.07. The number of rotatable bonds is 3. The molecule has 0 aliphatic rings. The molecule has 1 aromatic rings. The van der Waals surface area contributed by atoms with Gasteiger partial charge < -0.3 is 5.11 Å². The minimum absolute atomic E-state index is 0.842. The van der Waals surface area contributed by atoms with Crippen molar-refractivity contribution in [2.75, 3.05) is 0 Å². The van der Waals surface area contributed by atoms with Crippen molar-refractivity contribution in [3.8, 4) is 0 Å². The summed E-state index contributed by atoms with van der Waals surface area (Å²) in [4.78, 5) is 20.6. The fraction of sp³-hybridized carbons (Fsp3) is 0. The highest BCUT2D eigenvalue weighted by molar-refractivity contribution is 7.08. The first-order valence-corrected chi connectivity index (χ1v) is 4.12. The predicted molar refractivity (Wildman–Crippen MR) is 46.0 cm³/mol. The number of hydrogen-bond acceptors (Lipinski definition) is 3. The van der Waals surface area contributed by atoms with Crippen LogP contribution >= 0.6 is 11.3 Å². The van der Waals surface area contributed by atoms with Gasteiger partial charge in [-0.05, 0) is 34.5 Å². The van der Waals surface area contributed by atoms with E-state index in [1.54, 1.807) is 6.07 Å². The van der Waals surface area contributed by atoms with Crippen LogP contribution in [0.25, 0.3) is 6.08 Å². The molecule has 62 valence electrons. The van der Waals surface area contributed by atoms with Crippen molar-refractivity contribution in [2.24, 2.45) is 0 Å². The smallest absolute Gasteiger partial charge is 0.376 e. The van der Waals surface area contributed by atoms with Crippen LogP contribution in [0.5, 0.6) is 0 Å². The number of carbonyl (C=O) groups excluding carboxylic acids is 1. The Bertz CT molecular complexity index is 311. The van der Waals surface area contributed by atoms with Gasteiger partial charge in [0.05, 0.1) is 0 Å². The van der Waals surface area contributed by atoms with E-state index in [2.05, 4.69) is 0 Å². The minimum Gasteiger partial charge on any atom is -0.475 e. The molecular formula is C8H6O3S. The average molecular weight is 182 g/mol. The zero-order valence-corrected chi connectivity index (χ0v) is 6.88. The van der Waals surface area contributed by atoms with Gasteiger partial charge in [0.25, 0.3) is 5.78 Å². The topological polar surface area (TPSA) is 54.4 Å². The molecule has 0 aliphatic carbocycles. The molecule has 1 heterocycles. The number of carbonyl (C=O) groups is 2. The summed E-state index contributed by atoms with van der Waals surface area (Å²) in [6.45, 7) is 0. The van der Waals surface area contributed by atoms with Crippen LogP contribution in [-0.4, -0.2) is 16.9 Å². The van der Waals surface area contributed by atoms with Crippen LogP contribution in [-0.2, 0) is 9.59 Å². The number of carboxylic acids is 1. The Morgan fingerprint density at radius 2 is 2.25 bits per heavy atom. The van der Waals surface area contributed by atoms with Gasteiger partial charge in [0.1, 0.15) is 0 Å². The van der Waals surface area contributed by atoms with Crippen molar-refractivity contribution < 1.29 is 14.7 Å². The lowest BCUT2D eigenvalue weighted by atomic mass is 10.3. The van der Waals surface area contributed by atoms with Gasteiger partial charge in [-0.2, -0.15) is 11.3 Å². The third-order valence-electron chi connectivity index (χ3n) is 1.18. The van der Waals surface area contributed by atoms with Crippen LogP contribution in [0.15, 0.2) is 22.9 Å². The van der Waals surface area contributed by atoms with Crippen molar-refractivity contribution in [3.05, 3.63) is 28.5 Å². The van der Waals surface area contributed by atoms with Crippen molar-refractivity contribution in [2.45, 2.75) is 0 Å².